The number of amides is 4. The molecule has 0 bridgehead atoms. The molecule has 0 unspecified atom stereocenters. The number of aromatic nitrogens is 1. The number of alkyl carbamates (subject to hydrolysis) is 1. The summed E-state index contributed by atoms with van der Waals surface area (Å²) in [4.78, 5) is 72.0. The van der Waals surface area contributed by atoms with E-state index in [9.17, 15) is 29.1 Å². The number of hydrogen-bond donors (Lipinski definition) is 5. The average Bonchev–Trinajstić information content (AvgIpc) is 3.60. The van der Waals surface area contributed by atoms with Gasteiger partial charge in [-0.25, -0.2) is 9.59 Å². The summed E-state index contributed by atoms with van der Waals surface area (Å²) in [6, 6.07) is 12.0. The average molecular weight is 987 g/mol. The van der Waals surface area contributed by atoms with Gasteiger partial charge in [-0.15, -0.1) is 0 Å². The van der Waals surface area contributed by atoms with E-state index in [0.717, 1.165) is 20.5 Å². The maximum atomic E-state index is 14.9. The quantitative estimate of drug-likeness (QED) is 0.103. The summed E-state index contributed by atoms with van der Waals surface area (Å²) in [6.45, 7) is 11.5. The van der Waals surface area contributed by atoms with Crippen molar-refractivity contribution in [3.05, 3.63) is 87.0 Å². The molecular formula is C46H61BrClN7O8S. The molecule has 4 amide bonds. The predicted molar refractivity (Wildman–Crippen MR) is 253 cm³/mol. The summed E-state index contributed by atoms with van der Waals surface area (Å²) < 4.78 is 14.8. The second-order valence-electron chi connectivity index (χ2n) is 17.8. The standard InChI is InChI=1S/C46H61BrClN7O8S/c1-45(2,3)62-43(60)49-22-13-12-17-35-41(59)53(7)37(25-30-28-54(44(61)63-46(4,5)6)36-19-10-9-16-31(30)36)40(58)51-27-32-33(47)21-23-55(48)42(32)64-38-20-11-8-15-29(38)26-50-34(18-14-24-56)39(57)52-35/h8-11,15-16,19-21,28,34-35,37,50,56H,12-14,17-18,22-27H2,1-7H3,(H,49,60)(H,51,58)(H,52,57)/t34-,35-,37-/m0/s1. The molecule has 0 spiro atoms. The Labute approximate surface area is 393 Å². The smallest absolute Gasteiger partial charge is 0.419 e. The number of halogens is 2. The molecule has 3 heterocycles. The zero-order valence-electron chi connectivity index (χ0n) is 37.6. The number of nitrogens with one attached hydrogen (secondary N) is 4. The predicted octanol–water partition coefficient (Wildman–Crippen LogP) is 7.09. The summed E-state index contributed by atoms with van der Waals surface area (Å²) in [7, 11) is 1.53. The van der Waals surface area contributed by atoms with Gasteiger partial charge < -0.3 is 40.7 Å². The highest BCUT2D eigenvalue weighted by molar-refractivity contribution is 9.12. The van der Waals surface area contributed by atoms with Crippen LogP contribution in [0.3, 0.4) is 0 Å². The van der Waals surface area contributed by atoms with Crippen LogP contribution in [0.4, 0.5) is 9.59 Å². The molecule has 2 aliphatic rings. The highest BCUT2D eigenvalue weighted by Crippen LogP contribution is 2.40. The molecule has 5 N–H and O–H groups in total. The maximum Gasteiger partial charge on any atom is 0.419 e. The van der Waals surface area contributed by atoms with E-state index in [2.05, 4.69) is 37.2 Å². The molecule has 0 radical (unpaired) electrons. The van der Waals surface area contributed by atoms with E-state index in [0.29, 0.717) is 53.8 Å². The Morgan fingerprint density at radius 1 is 0.922 bits per heavy atom. The van der Waals surface area contributed by atoms with Gasteiger partial charge in [0, 0.05) is 78.0 Å². The number of ether oxygens (including phenoxy) is 2. The first kappa shape index (κ1) is 50.4. The van der Waals surface area contributed by atoms with E-state index >= 15 is 0 Å². The van der Waals surface area contributed by atoms with E-state index in [1.54, 1.807) is 64.3 Å². The van der Waals surface area contributed by atoms with Crippen molar-refractivity contribution >= 4 is 80.3 Å². The highest BCUT2D eigenvalue weighted by Gasteiger charge is 2.35. The van der Waals surface area contributed by atoms with Gasteiger partial charge in [0.2, 0.25) is 17.7 Å². The van der Waals surface area contributed by atoms with Gasteiger partial charge in [0.05, 0.1) is 23.1 Å². The molecule has 3 atom stereocenters. The van der Waals surface area contributed by atoms with E-state index in [1.807, 2.05) is 42.5 Å². The number of nitrogens with zero attached hydrogens (tertiary/aromatic N) is 3. The van der Waals surface area contributed by atoms with Crippen molar-refractivity contribution in [3.63, 3.8) is 0 Å². The largest absolute Gasteiger partial charge is 0.444 e. The molecule has 15 nitrogen and oxygen atoms in total. The summed E-state index contributed by atoms with van der Waals surface area (Å²) in [5.41, 5.74) is 1.35. The maximum absolute atomic E-state index is 14.9. The Kier molecular flexibility index (Phi) is 17.8. The lowest BCUT2D eigenvalue weighted by atomic mass is 10.0. The van der Waals surface area contributed by atoms with Crippen LogP contribution in [0.1, 0.15) is 84.8 Å². The van der Waals surface area contributed by atoms with Gasteiger partial charge in [-0.2, -0.15) is 0 Å². The second-order valence-corrected chi connectivity index (χ2v) is 20.1. The van der Waals surface area contributed by atoms with Crippen molar-refractivity contribution in [1.82, 2.24) is 35.2 Å². The van der Waals surface area contributed by atoms with Crippen molar-refractivity contribution in [2.24, 2.45) is 0 Å². The van der Waals surface area contributed by atoms with Crippen LogP contribution in [0, 0.1) is 0 Å². The van der Waals surface area contributed by atoms with Crippen LogP contribution in [0.5, 0.6) is 0 Å². The van der Waals surface area contributed by atoms with E-state index in [-0.39, 0.29) is 39.0 Å². The zero-order valence-corrected chi connectivity index (χ0v) is 40.8. The number of likely N-dealkylation sites (N-methyl/N-ethyl adjacent to an activating group) is 1. The van der Waals surface area contributed by atoms with Crippen LogP contribution in [0.25, 0.3) is 10.9 Å². The van der Waals surface area contributed by atoms with Crippen LogP contribution in [0.15, 0.2) is 80.8 Å². The van der Waals surface area contributed by atoms with E-state index in [1.165, 1.54) is 28.3 Å². The third kappa shape index (κ3) is 14.0. The van der Waals surface area contributed by atoms with E-state index < -0.39 is 59.2 Å². The van der Waals surface area contributed by atoms with Crippen molar-refractivity contribution in [1.29, 1.82) is 0 Å². The number of aliphatic hydroxyl groups is 1. The number of hydrogen-bond acceptors (Lipinski definition) is 11. The fourth-order valence-electron chi connectivity index (χ4n) is 7.28. The number of benzene rings is 2. The van der Waals surface area contributed by atoms with Crippen molar-refractivity contribution in [2.45, 2.75) is 121 Å². The first-order valence-corrected chi connectivity index (χ1v) is 23.5. The molecule has 348 valence electrons. The number of aliphatic hydroxyl groups excluding tert-OH is 1. The lowest BCUT2D eigenvalue weighted by Gasteiger charge is -2.32. The molecule has 1 aromatic heterocycles. The lowest BCUT2D eigenvalue weighted by Crippen LogP contribution is -2.57. The molecule has 3 aromatic rings. The summed E-state index contributed by atoms with van der Waals surface area (Å²) in [5.74, 6) is -1.44. The van der Waals surface area contributed by atoms with E-state index in [4.69, 9.17) is 21.3 Å². The Bertz CT molecular complexity index is 2240. The molecule has 0 fully saturated rings. The molecule has 2 aromatic carbocycles. The normalized spacial score (nSPS) is 19.6. The zero-order chi connectivity index (χ0) is 46.8. The number of carbonyl (C=O) groups excluding carboxylic acids is 5. The lowest BCUT2D eigenvalue weighted by molar-refractivity contribution is -0.142. The number of unbranched alkanes of at least 4 members (excludes halogenated alkanes) is 1. The van der Waals surface area contributed by atoms with Gasteiger partial charge in [-0.05, 0) is 103 Å². The minimum atomic E-state index is -1.13. The molecule has 18 heteroatoms. The minimum absolute atomic E-state index is 0.00178. The number of carbonyl (C=O) groups is 5. The number of rotatable bonds is 10. The van der Waals surface area contributed by atoms with Gasteiger partial charge in [0.25, 0.3) is 0 Å². The van der Waals surface area contributed by atoms with Crippen LogP contribution in [-0.4, -0.2) is 112 Å². The van der Waals surface area contributed by atoms with Crippen molar-refractivity contribution in [2.75, 3.05) is 33.3 Å². The van der Waals surface area contributed by atoms with Gasteiger partial charge in [-0.3, -0.25) is 23.4 Å². The summed E-state index contributed by atoms with van der Waals surface area (Å²) in [6.07, 6.45) is 4.07. The SMILES string of the molecule is CN1C(=O)[C@H](CCCCNC(=O)OC(C)(C)C)NC(=O)[C@H](CCCO)NCc2ccccc2SC2=C(CNC(=O)[C@@H]1Cc1cn(C(=O)OC(C)(C)C)c3ccccc13)C(Br)=CCN2Cl. The highest BCUT2D eigenvalue weighted by atomic mass is 79.9. The third-order valence-electron chi connectivity index (χ3n) is 10.4. The fraction of sp³-hybridized carbons (Fsp3) is 0.500. The molecule has 2 aliphatic heterocycles. The monoisotopic (exact) mass is 985 g/mol. The van der Waals surface area contributed by atoms with Crippen LogP contribution in [0.2, 0.25) is 0 Å². The molecule has 0 saturated carbocycles. The Balaban J connectivity index is 1.56. The van der Waals surface area contributed by atoms with Crippen molar-refractivity contribution < 1.29 is 38.6 Å². The van der Waals surface area contributed by atoms with Gasteiger partial charge in [0.15, 0.2) is 0 Å². The number of para-hydroxylation sites is 1. The molecule has 5 rings (SSSR count). The first-order chi connectivity index (χ1) is 30.3. The van der Waals surface area contributed by atoms with Crippen LogP contribution in [-0.2, 0) is 36.8 Å². The number of thioether (sulfide) groups is 1. The Morgan fingerprint density at radius 3 is 2.33 bits per heavy atom. The molecular weight excluding hydrogens is 926 g/mol. The van der Waals surface area contributed by atoms with Crippen molar-refractivity contribution in [3.8, 4) is 0 Å². The minimum Gasteiger partial charge on any atom is -0.444 e. The fourth-order valence-corrected chi connectivity index (χ4v) is 9.27. The van der Waals surface area contributed by atoms with Gasteiger partial charge >= 0.3 is 12.2 Å². The topological polar surface area (TPSA) is 184 Å². The molecule has 0 saturated heterocycles. The second kappa shape index (κ2) is 22.6. The van der Waals surface area contributed by atoms with Crippen LogP contribution < -0.4 is 21.3 Å². The van der Waals surface area contributed by atoms with Crippen LogP contribution >= 0.6 is 39.5 Å². The summed E-state index contributed by atoms with van der Waals surface area (Å²) in [5, 5.41) is 23.4. The summed E-state index contributed by atoms with van der Waals surface area (Å²) >= 11 is 12.0. The number of fused-ring (bicyclic) bond motifs is 2. The van der Waals surface area contributed by atoms with Gasteiger partial charge in [-0.1, -0.05) is 64.1 Å². The Morgan fingerprint density at radius 2 is 1.61 bits per heavy atom. The molecule has 64 heavy (non-hydrogen) atoms. The Hall–Kier alpha value is -4.55. The first-order valence-electron chi connectivity index (χ1n) is 21.5. The molecule has 0 aliphatic carbocycles. The van der Waals surface area contributed by atoms with Gasteiger partial charge in [0.1, 0.15) is 23.3 Å². The third-order valence-corrected chi connectivity index (χ3v) is 12.9.